The summed E-state index contributed by atoms with van der Waals surface area (Å²) in [5, 5.41) is 6.18. The highest BCUT2D eigenvalue weighted by Gasteiger charge is 2.09. The number of hydrogen-bond acceptors (Lipinski definition) is 3. The Kier molecular flexibility index (Phi) is 4.90. The molecule has 7 heteroatoms. The molecule has 0 aliphatic heterocycles. The fourth-order valence-electron chi connectivity index (χ4n) is 2.06. The van der Waals surface area contributed by atoms with Crippen molar-refractivity contribution in [1.82, 2.24) is 4.98 Å². The first-order valence-corrected chi connectivity index (χ1v) is 7.64. The molecule has 3 aromatic rings. The molecule has 2 aromatic carbocycles. The smallest absolute Gasteiger partial charge is 0.257 e. The highest BCUT2D eigenvalue weighted by molar-refractivity contribution is 6.30. The van der Waals surface area contributed by atoms with Gasteiger partial charge in [0.25, 0.3) is 5.91 Å². The second-order valence-corrected chi connectivity index (χ2v) is 5.58. The number of carbonyl (C=O) groups excluding carboxylic acids is 1. The summed E-state index contributed by atoms with van der Waals surface area (Å²) in [4.78, 5) is 16.3. The monoisotopic (exact) mass is 359 g/mol. The summed E-state index contributed by atoms with van der Waals surface area (Å²) in [5.74, 6) is -1.93. The molecule has 3 rings (SSSR count). The summed E-state index contributed by atoms with van der Waals surface area (Å²) in [5.41, 5.74) is 1.24. The molecule has 0 radical (unpaired) electrons. The van der Waals surface area contributed by atoms with E-state index in [1.54, 1.807) is 36.4 Å². The van der Waals surface area contributed by atoms with Gasteiger partial charge in [0.15, 0.2) is 11.6 Å². The zero-order chi connectivity index (χ0) is 17.8. The van der Waals surface area contributed by atoms with Crippen LogP contribution < -0.4 is 10.6 Å². The lowest BCUT2D eigenvalue weighted by atomic mass is 10.2. The SMILES string of the molecule is O=C(Nc1ccc(F)c(F)c1)c1ccc(Nc2ccc(Cl)cc2)nc1. The Hall–Kier alpha value is -2.99. The molecule has 0 unspecified atom stereocenters. The van der Waals surface area contributed by atoms with Gasteiger partial charge in [-0.05, 0) is 48.5 Å². The van der Waals surface area contributed by atoms with Crippen LogP contribution in [-0.4, -0.2) is 10.9 Å². The maximum absolute atomic E-state index is 13.2. The Labute approximate surface area is 147 Å². The highest BCUT2D eigenvalue weighted by Crippen LogP contribution is 2.18. The molecule has 0 fully saturated rings. The number of pyridine rings is 1. The third kappa shape index (κ3) is 4.30. The van der Waals surface area contributed by atoms with E-state index in [0.29, 0.717) is 10.8 Å². The predicted molar refractivity (Wildman–Crippen MR) is 93.3 cm³/mol. The molecule has 0 saturated heterocycles. The van der Waals surface area contributed by atoms with Crippen molar-refractivity contribution in [2.45, 2.75) is 0 Å². The first-order valence-electron chi connectivity index (χ1n) is 7.26. The maximum Gasteiger partial charge on any atom is 0.257 e. The first kappa shape index (κ1) is 16.9. The molecule has 0 spiro atoms. The molecule has 0 atom stereocenters. The number of nitrogens with zero attached hydrogens (tertiary/aromatic N) is 1. The fourth-order valence-corrected chi connectivity index (χ4v) is 2.19. The Morgan fingerprint density at radius 3 is 2.28 bits per heavy atom. The minimum atomic E-state index is -1.03. The van der Waals surface area contributed by atoms with Crippen LogP contribution in [0.3, 0.4) is 0 Å². The first-order chi connectivity index (χ1) is 12.0. The summed E-state index contributed by atoms with van der Waals surface area (Å²) in [6.07, 6.45) is 1.38. The van der Waals surface area contributed by atoms with Gasteiger partial charge in [-0.3, -0.25) is 4.79 Å². The summed E-state index contributed by atoms with van der Waals surface area (Å²) in [6, 6.07) is 13.4. The summed E-state index contributed by atoms with van der Waals surface area (Å²) >= 11 is 5.82. The molecule has 0 aliphatic rings. The number of halogens is 3. The number of rotatable bonds is 4. The number of aromatic nitrogens is 1. The number of amides is 1. The van der Waals surface area contributed by atoms with Crippen molar-refractivity contribution in [3.05, 3.63) is 83.0 Å². The minimum absolute atomic E-state index is 0.160. The van der Waals surface area contributed by atoms with E-state index in [2.05, 4.69) is 15.6 Å². The highest BCUT2D eigenvalue weighted by atomic mass is 35.5. The van der Waals surface area contributed by atoms with Crippen molar-refractivity contribution >= 4 is 34.7 Å². The van der Waals surface area contributed by atoms with Gasteiger partial charge in [0.2, 0.25) is 0 Å². The van der Waals surface area contributed by atoms with Gasteiger partial charge >= 0.3 is 0 Å². The molecule has 1 aromatic heterocycles. The van der Waals surface area contributed by atoms with E-state index >= 15 is 0 Å². The third-order valence-corrected chi connectivity index (χ3v) is 3.57. The van der Waals surface area contributed by atoms with Gasteiger partial charge in [-0.15, -0.1) is 0 Å². The van der Waals surface area contributed by atoms with Crippen molar-refractivity contribution in [2.24, 2.45) is 0 Å². The van der Waals surface area contributed by atoms with Crippen molar-refractivity contribution in [1.29, 1.82) is 0 Å². The Bertz CT molecular complexity index is 899. The van der Waals surface area contributed by atoms with Crippen LogP contribution in [0.2, 0.25) is 5.02 Å². The summed E-state index contributed by atoms with van der Waals surface area (Å²) in [6.45, 7) is 0. The van der Waals surface area contributed by atoms with Crippen LogP contribution in [0.25, 0.3) is 0 Å². The number of benzene rings is 2. The number of anilines is 3. The topological polar surface area (TPSA) is 54.0 Å². The molecule has 1 amide bonds. The van der Waals surface area contributed by atoms with Gasteiger partial charge in [0, 0.05) is 28.7 Å². The van der Waals surface area contributed by atoms with E-state index in [4.69, 9.17) is 11.6 Å². The Morgan fingerprint density at radius 2 is 1.64 bits per heavy atom. The number of carbonyl (C=O) groups is 1. The van der Waals surface area contributed by atoms with E-state index in [1.165, 1.54) is 12.3 Å². The van der Waals surface area contributed by atoms with Gasteiger partial charge in [0.1, 0.15) is 5.82 Å². The normalized spacial score (nSPS) is 10.4. The van der Waals surface area contributed by atoms with Gasteiger partial charge in [0.05, 0.1) is 5.56 Å². The van der Waals surface area contributed by atoms with Crippen LogP contribution in [0.5, 0.6) is 0 Å². The third-order valence-electron chi connectivity index (χ3n) is 3.32. The van der Waals surface area contributed by atoms with Gasteiger partial charge < -0.3 is 10.6 Å². The predicted octanol–water partition coefficient (Wildman–Crippen LogP) is 5.01. The van der Waals surface area contributed by atoms with Crippen LogP contribution in [0.4, 0.5) is 26.0 Å². The Morgan fingerprint density at radius 1 is 0.920 bits per heavy atom. The molecule has 4 nitrogen and oxygen atoms in total. The van der Waals surface area contributed by atoms with Crippen LogP contribution in [0, 0.1) is 11.6 Å². The molecular weight excluding hydrogens is 348 g/mol. The zero-order valence-corrected chi connectivity index (χ0v) is 13.5. The van der Waals surface area contributed by atoms with Crippen molar-refractivity contribution < 1.29 is 13.6 Å². The minimum Gasteiger partial charge on any atom is -0.340 e. The second-order valence-electron chi connectivity index (χ2n) is 5.15. The molecular formula is C18H12ClF2N3O. The quantitative estimate of drug-likeness (QED) is 0.688. The lowest BCUT2D eigenvalue weighted by molar-refractivity contribution is 0.102. The van der Waals surface area contributed by atoms with Crippen LogP contribution >= 0.6 is 11.6 Å². The number of hydrogen-bond donors (Lipinski definition) is 2. The molecule has 25 heavy (non-hydrogen) atoms. The molecule has 1 heterocycles. The van der Waals surface area contributed by atoms with Crippen molar-refractivity contribution in [3.63, 3.8) is 0 Å². The average Bonchev–Trinajstić information content (AvgIpc) is 2.61. The van der Waals surface area contributed by atoms with Gasteiger partial charge in [-0.25, -0.2) is 13.8 Å². The average molecular weight is 360 g/mol. The van der Waals surface area contributed by atoms with E-state index in [-0.39, 0.29) is 11.3 Å². The van der Waals surface area contributed by atoms with Gasteiger partial charge in [-0.2, -0.15) is 0 Å². The molecule has 2 N–H and O–H groups in total. The Balaban J connectivity index is 1.67. The summed E-state index contributed by atoms with van der Waals surface area (Å²) in [7, 11) is 0. The van der Waals surface area contributed by atoms with Crippen molar-refractivity contribution in [3.8, 4) is 0 Å². The number of nitrogens with one attached hydrogen (secondary N) is 2. The zero-order valence-electron chi connectivity index (χ0n) is 12.8. The lowest BCUT2D eigenvalue weighted by Crippen LogP contribution is -2.12. The largest absolute Gasteiger partial charge is 0.340 e. The van der Waals surface area contributed by atoms with Crippen LogP contribution in [-0.2, 0) is 0 Å². The van der Waals surface area contributed by atoms with E-state index in [9.17, 15) is 13.6 Å². The molecule has 0 aliphatic carbocycles. The maximum atomic E-state index is 13.2. The van der Waals surface area contributed by atoms with Crippen LogP contribution in [0.15, 0.2) is 60.8 Å². The van der Waals surface area contributed by atoms with E-state index < -0.39 is 17.5 Å². The molecule has 0 bridgehead atoms. The van der Waals surface area contributed by atoms with Crippen molar-refractivity contribution in [2.75, 3.05) is 10.6 Å². The van der Waals surface area contributed by atoms with Gasteiger partial charge in [-0.1, -0.05) is 11.6 Å². The van der Waals surface area contributed by atoms with E-state index in [0.717, 1.165) is 17.8 Å². The molecule has 126 valence electrons. The second kappa shape index (κ2) is 7.27. The standard InChI is InChI=1S/C18H12ClF2N3O/c19-12-2-4-13(5-3-12)23-17-8-1-11(10-22-17)18(25)24-14-6-7-15(20)16(21)9-14/h1-10H,(H,22,23)(H,24,25). The summed E-state index contributed by atoms with van der Waals surface area (Å²) < 4.78 is 26.1. The van der Waals surface area contributed by atoms with Crippen LogP contribution in [0.1, 0.15) is 10.4 Å². The van der Waals surface area contributed by atoms with E-state index in [1.807, 2.05) is 0 Å². The lowest BCUT2D eigenvalue weighted by Gasteiger charge is -2.08. The molecule has 0 saturated carbocycles. The fraction of sp³-hybridized carbons (Fsp3) is 0.